The number of imidazole rings is 1. The van der Waals surface area contributed by atoms with Crippen LogP contribution in [0.3, 0.4) is 0 Å². The van der Waals surface area contributed by atoms with Gasteiger partial charge in [0.2, 0.25) is 5.95 Å². The van der Waals surface area contributed by atoms with Gasteiger partial charge in [0.1, 0.15) is 11.8 Å². The van der Waals surface area contributed by atoms with Gasteiger partial charge in [0, 0.05) is 18.5 Å². The summed E-state index contributed by atoms with van der Waals surface area (Å²) in [5.41, 5.74) is 1.82. The van der Waals surface area contributed by atoms with E-state index in [1.807, 2.05) is 10.6 Å². The monoisotopic (exact) mass is 309 g/mol. The summed E-state index contributed by atoms with van der Waals surface area (Å²) in [5.74, 6) is -0.0412. The second-order valence-corrected chi connectivity index (χ2v) is 4.97. The van der Waals surface area contributed by atoms with E-state index in [2.05, 4.69) is 20.3 Å². The third-order valence-corrected chi connectivity index (χ3v) is 3.34. The lowest BCUT2D eigenvalue weighted by Gasteiger charge is -2.05. The van der Waals surface area contributed by atoms with E-state index < -0.39 is 0 Å². The van der Waals surface area contributed by atoms with Crippen LogP contribution in [0.1, 0.15) is 23.2 Å². The molecule has 0 fully saturated rings. The molecule has 0 unspecified atom stereocenters. The molecule has 3 aromatic rings. The highest BCUT2D eigenvalue weighted by atomic mass is 16.1. The van der Waals surface area contributed by atoms with Crippen LogP contribution in [0.25, 0.3) is 11.2 Å². The van der Waals surface area contributed by atoms with Crippen molar-refractivity contribution < 1.29 is 9.59 Å². The van der Waals surface area contributed by atoms with Gasteiger partial charge in [-0.1, -0.05) is 18.2 Å². The molecule has 0 bridgehead atoms. The Morgan fingerprint density at radius 1 is 1.22 bits per heavy atom. The van der Waals surface area contributed by atoms with Crippen molar-refractivity contribution in [1.29, 1.82) is 0 Å². The van der Waals surface area contributed by atoms with Gasteiger partial charge in [-0.05, 0) is 18.6 Å². The molecule has 116 valence electrons. The standard InChI is InChI=1S/C16H15N5O2/c22-9-5-4-8-21-11-18-13-10-17-16(19-14(13)21)20-15(23)12-6-2-1-3-7-12/h1-3,6-7,9-11H,4-5,8H2,(H,17,19,20,23). The number of amides is 1. The van der Waals surface area contributed by atoms with E-state index in [1.165, 1.54) is 0 Å². The van der Waals surface area contributed by atoms with E-state index in [-0.39, 0.29) is 11.9 Å². The molecule has 23 heavy (non-hydrogen) atoms. The van der Waals surface area contributed by atoms with Gasteiger partial charge in [0.25, 0.3) is 5.91 Å². The molecule has 0 aliphatic carbocycles. The number of anilines is 1. The molecule has 2 heterocycles. The maximum Gasteiger partial charge on any atom is 0.258 e. The van der Waals surface area contributed by atoms with Crippen molar-refractivity contribution in [2.45, 2.75) is 19.4 Å². The summed E-state index contributed by atoms with van der Waals surface area (Å²) >= 11 is 0. The SMILES string of the molecule is O=CCCCn1cnc2cnc(NC(=O)c3ccccc3)nc21. The lowest BCUT2D eigenvalue weighted by molar-refractivity contribution is -0.107. The highest BCUT2D eigenvalue weighted by Crippen LogP contribution is 2.13. The fourth-order valence-corrected chi connectivity index (χ4v) is 2.19. The Morgan fingerprint density at radius 2 is 2.04 bits per heavy atom. The third-order valence-electron chi connectivity index (χ3n) is 3.34. The van der Waals surface area contributed by atoms with Crippen molar-refractivity contribution in [1.82, 2.24) is 19.5 Å². The molecule has 2 aromatic heterocycles. The molecule has 0 spiro atoms. The van der Waals surface area contributed by atoms with E-state index >= 15 is 0 Å². The normalized spacial score (nSPS) is 10.6. The first kappa shape index (κ1) is 14.8. The van der Waals surface area contributed by atoms with Crippen molar-refractivity contribution in [3.05, 3.63) is 48.4 Å². The lowest BCUT2D eigenvalue weighted by Crippen LogP contribution is -2.14. The van der Waals surface area contributed by atoms with Gasteiger partial charge in [0.15, 0.2) is 5.65 Å². The van der Waals surface area contributed by atoms with Gasteiger partial charge in [-0.15, -0.1) is 0 Å². The smallest absolute Gasteiger partial charge is 0.258 e. The molecule has 7 nitrogen and oxygen atoms in total. The Balaban J connectivity index is 1.80. The van der Waals surface area contributed by atoms with Gasteiger partial charge in [-0.25, -0.2) is 9.97 Å². The van der Waals surface area contributed by atoms with Gasteiger partial charge >= 0.3 is 0 Å². The maximum absolute atomic E-state index is 12.1. The molecule has 0 aliphatic heterocycles. The summed E-state index contributed by atoms with van der Waals surface area (Å²) in [6, 6.07) is 8.87. The minimum Gasteiger partial charge on any atom is -0.315 e. The second-order valence-electron chi connectivity index (χ2n) is 4.97. The molecule has 1 N–H and O–H groups in total. The maximum atomic E-state index is 12.1. The van der Waals surface area contributed by atoms with Crippen LogP contribution in [-0.4, -0.2) is 31.7 Å². The third kappa shape index (κ3) is 3.39. The second kappa shape index (κ2) is 6.78. The number of aromatic nitrogens is 4. The topological polar surface area (TPSA) is 89.8 Å². The van der Waals surface area contributed by atoms with Crippen molar-refractivity contribution in [2.24, 2.45) is 0 Å². The van der Waals surface area contributed by atoms with Crippen LogP contribution in [0, 0.1) is 0 Å². The van der Waals surface area contributed by atoms with Gasteiger partial charge in [-0.3, -0.25) is 10.1 Å². The quantitative estimate of drug-likeness (QED) is 0.556. The number of rotatable bonds is 6. The first-order valence-corrected chi connectivity index (χ1v) is 7.26. The first-order valence-electron chi connectivity index (χ1n) is 7.26. The number of hydrogen-bond acceptors (Lipinski definition) is 5. The van der Waals surface area contributed by atoms with Crippen LogP contribution in [0.15, 0.2) is 42.9 Å². The molecular formula is C16H15N5O2. The fourth-order valence-electron chi connectivity index (χ4n) is 2.19. The fraction of sp³-hybridized carbons (Fsp3) is 0.188. The highest BCUT2D eigenvalue weighted by Gasteiger charge is 2.10. The summed E-state index contributed by atoms with van der Waals surface area (Å²) < 4.78 is 1.85. The molecule has 0 radical (unpaired) electrons. The molecule has 1 amide bonds. The number of carbonyl (C=O) groups is 2. The van der Waals surface area contributed by atoms with Crippen LogP contribution in [0.5, 0.6) is 0 Å². The Morgan fingerprint density at radius 3 is 2.83 bits per heavy atom. The van der Waals surface area contributed by atoms with Crippen LogP contribution in [0.4, 0.5) is 5.95 Å². The Labute approximate surface area is 132 Å². The van der Waals surface area contributed by atoms with E-state index in [4.69, 9.17) is 0 Å². The van der Waals surface area contributed by atoms with Crippen LogP contribution in [-0.2, 0) is 11.3 Å². The number of aldehydes is 1. The molecule has 0 saturated heterocycles. The predicted octanol–water partition coefficient (Wildman–Crippen LogP) is 2.06. The minimum absolute atomic E-state index is 0.225. The van der Waals surface area contributed by atoms with Crippen LogP contribution >= 0.6 is 0 Å². The number of unbranched alkanes of at least 4 members (excludes halogenated alkanes) is 1. The number of fused-ring (bicyclic) bond motifs is 1. The number of carbonyl (C=O) groups excluding carboxylic acids is 2. The summed E-state index contributed by atoms with van der Waals surface area (Å²) in [5, 5.41) is 2.68. The average Bonchev–Trinajstić information content (AvgIpc) is 2.98. The molecule has 0 aliphatic rings. The van der Waals surface area contributed by atoms with Gasteiger partial charge in [-0.2, -0.15) is 4.98 Å². The van der Waals surface area contributed by atoms with Crippen molar-refractivity contribution in [2.75, 3.05) is 5.32 Å². The van der Waals surface area contributed by atoms with Crippen LogP contribution < -0.4 is 5.32 Å². The molecular weight excluding hydrogens is 294 g/mol. The zero-order valence-electron chi connectivity index (χ0n) is 12.3. The lowest BCUT2D eigenvalue weighted by atomic mass is 10.2. The minimum atomic E-state index is -0.267. The van der Waals surface area contributed by atoms with E-state index in [0.717, 1.165) is 6.29 Å². The van der Waals surface area contributed by atoms with Crippen LogP contribution in [0.2, 0.25) is 0 Å². The number of nitrogens with zero attached hydrogens (tertiary/aromatic N) is 4. The number of aryl methyl sites for hydroxylation is 1. The molecule has 0 saturated carbocycles. The number of benzene rings is 1. The number of hydrogen-bond donors (Lipinski definition) is 1. The average molecular weight is 309 g/mol. The summed E-state index contributed by atoms with van der Waals surface area (Å²) in [7, 11) is 0. The first-order chi connectivity index (χ1) is 11.3. The number of nitrogens with one attached hydrogen (secondary N) is 1. The highest BCUT2D eigenvalue weighted by molar-refractivity contribution is 6.03. The van der Waals surface area contributed by atoms with Gasteiger partial charge < -0.3 is 9.36 Å². The summed E-state index contributed by atoms with van der Waals surface area (Å²) in [6.45, 7) is 0.637. The largest absolute Gasteiger partial charge is 0.315 e. The van der Waals surface area contributed by atoms with Crippen molar-refractivity contribution in [3.8, 4) is 0 Å². The molecule has 1 aromatic carbocycles. The summed E-state index contributed by atoms with van der Waals surface area (Å²) in [6.07, 6.45) is 5.32. The van der Waals surface area contributed by atoms with Gasteiger partial charge in [0.05, 0.1) is 12.5 Å². The molecule has 3 rings (SSSR count). The molecule has 0 atom stereocenters. The zero-order chi connectivity index (χ0) is 16.1. The van der Waals surface area contributed by atoms with E-state index in [1.54, 1.807) is 36.8 Å². The Bertz CT molecular complexity index is 829. The van der Waals surface area contributed by atoms with Crippen molar-refractivity contribution >= 4 is 29.3 Å². The predicted molar refractivity (Wildman–Crippen MR) is 85.0 cm³/mol. The zero-order valence-corrected chi connectivity index (χ0v) is 12.3. The van der Waals surface area contributed by atoms with E-state index in [9.17, 15) is 9.59 Å². The Kier molecular flexibility index (Phi) is 4.37. The van der Waals surface area contributed by atoms with Crippen molar-refractivity contribution in [3.63, 3.8) is 0 Å². The molecule has 7 heteroatoms. The Hall–Kier alpha value is -3.09. The summed E-state index contributed by atoms with van der Waals surface area (Å²) in [4.78, 5) is 35.2. The van der Waals surface area contributed by atoms with E-state index in [0.29, 0.717) is 36.1 Å².